The molecule has 1 atom stereocenters. The Bertz CT molecular complexity index is 779. The molecule has 1 aliphatic rings. The summed E-state index contributed by atoms with van der Waals surface area (Å²) in [6.07, 6.45) is 2.77. The maximum Gasteiger partial charge on any atom is 0.320 e. The molecule has 1 saturated heterocycles. The number of carboxylic acids is 1. The molecule has 142 valence electrons. The van der Waals surface area contributed by atoms with Crippen LogP contribution in [0.4, 0.5) is 5.69 Å². The van der Waals surface area contributed by atoms with Crippen LogP contribution in [0.1, 0.15) is 25.7 Å². The third-order valence-corrected chi connectivity index (χ3v) is 4.66. The Kier molecular flexibility index (Phi) is 6.44. The number of nitrogens with zero attached hydrogens (tertiary/aromatic N) is 1. The Morgan fingerprint density at radius 2 is 1.81 bits per heavy atom. The van der Waals surface area contributed by atoms with Crippen molar-refractivity contribution in [3.63, 3.8) is 0 Å². The van der Waals surface area contributed by atoms with E-state index in [9.17, 15) is 14.7 Å². The number of carboxylic acid groups (broad SMARTS) is 1. The van der Waals surface area contributed by atoms with Crippen molar-refractivity contribution < 1.29 is 19.4 Å². The summed E-state index contributed by atoms with van der Waals surface area (Å²) in [6, 6.07) is 16.2. The number of rotatable bonds is 7. The van der Waals surface area contributed by atoms with Crippen molar-refractivity contribution in [2.24, 2.45) is 0 Å². The normalized spacial score (nSPS) is 17.3. The molecule has 2 aromatic carbocycles. The third-order valence-electron chi connectivity index (χ3n) is 4.66. The topological polar surface area (TPSA) is 78.9 Å². The number of piperidine rings is 1. The molecule has 1 aliphatic heterocycles. The van der Waals surface area contributed by atoms with Crippen LogP contribution in [0.5, 0.6) is 11.5 Å². The number of anilines is 1. The van der Waals surface area contributed by atoms with Crippen molar-refractivity contribution >= 4 is 17.6 Å². The smallest absolute Gasteiger partial charge is 0.320 e. The van der Waals surface area contributed by atoms with Crippen LogP contribution >= 0.6 is 0 Å². The molecule has 1 fully saturated rings. The molecule has 0 radical (unpaired) electrons. The number of carbonyl (C=O) groups is 2. The van der Waals surface area contributed by atoms with Gasteiger partial charge in [0.1, 0.15) is 11.8 Å². The Hall–Kier alpha value is -2.86. The van der Waals surface area contributed by atoms with Crippen LogP contribution in [-0.4, -0.2) is 41.0 Å². The lowest BCUT2D eigenvalue weighted by atomic mass is 10.0. The number of benzene rings is 2. The molecule has 27 heavy (non-hydrogen) atoms. The number of para-hydroxylation sites is 3. The molecule has 0 bridgehead atoms. The van der Waals surface area contributed by atoms with Crippen molar-refractivity contribution in [2.75, 3.05) is 18.4 Å². The molecular formula is C21H24N2O4. The highest BCUT2D eigenvalue weighted by molar-refractivity contribution is 5.92. The van der Waals surface area contributed by atoms with Crippen LogP contribution in [0.25, 0.3) is 0 Å². The Morgan fingerprint density at radius 3 is 2.59 bits per heavy atom. The quantitative estimate of drug-likeness (QED) is 0.778. The van der Waals surface area contributed by atoms with E-state index < -0.39 is 12.0 Å². The SMILES string of the molecule is O=C(CCN1CCCCC1C(=O)O)Nc1ccccc1Oc1ccccc1. The van der Waals surface area contributed by atoms with Gasteiger partial charge in [0.15, 0.2) is 5.75 Å². The number of amides is 1. The number of ether oxygens (including phenoxy) is 1. The van der Waals surface area contributed by atoms with Gasteiger partial charge in [-0.3, -0.25) is 14.5 Å². The second-order valence-electron chi connectivity index (χ2n) is 6.60. The van der Waals surface area contributed by atoms with E-state index in [4.69, 9.17) is 4.74 Å². The summed E-state index contributed by atoms with van der Waals surface area (Å²) < 4.78 is 5.85. The van der Waals surface area contributed by atoms with Crippen molar-refractivity contribution in [1.29, 1.82) is 0 Å². The predicted molar refractivity (Wildman–Crippen MR) is 103 cm³/mol. The van der Waals surface area contributed by atoms with Crippen LogP contribution in [0.15, 0.2) is 54.6 Å². The average molecular weight is 368 g/mol. The monoisotopic (exact) mass is 368 g/mol. The first-order valence-electron chi connectivity index (χ1n) is 9.22. The van der Waals surface area contributed by atoms with E-state index in [-0.39, 0.29) is 12.3 Å². The number of carbonyl (C=O) groups excluding carboxylic acids is 1. The highest BCUT2D eigenvalue weighted by Gasteiger charge is 2.28. The molecule has 3 rings (SSSR count). The predicted octanol–water partition coefficient (Wildman–Crippen LogP) is 3.75. The van der Waals surface area contributed by atoms with E-state index in [0.29, 0.717) is 30.2 Å². The highest BCUT2D eigenvalue weighted by Crippen LogP contribution is 2.29. The zero-order valence-corrected chi connectivity index (χ0v) is 15.1. The Balaban J connectivity index is 1.58. The average Bonchev–Trinajstić information content (AvgIpc) is 2.69. The van der Waals surface area contributed by atoms with Crippen molar-refractivity contribution in [3.8, 4) is 11.5 Å². The van der Waals surface area contributed by atoms with E-state index >= 15 is 0 Å². The van der Waals surface area contributed by atoms with E-state index in [1.54, 1.807) is 12.1 Å². The zero-order valence-electron chi connectivity index (χ0n) is 15.1. The third kappa shape index (κ3) is 5.31. The minimum Gasteiger partial charge on any atom is -0.480 e. The molecule has 0 spiro atoms. The lowest BCUT2D eigenvalue weighted by Gasteiger charge is -2.32. The first-order chi connectivity index (χ1) is 13.1. The van der Waals surface area contributed by atoms with Gasteiger partial charge in [0.05, 0.1) is 5.69 Å². The molecule has 6 nitrogen and oxygen atoms in total. The molecule has 0 aliphatic carbocycles. The minimum atomic E-state index is -0.809. The summed E-state index contributed by atoms with van der Waals surface area (Å²) in [5.74, 6) is 0.292. The van der Waals surface area contributed by atoms with E-state index in [1.807, 2.05) is 47.4 Å². The molecule has 2 N–H and O–H groups in total. The summed E-state index contributed by atoms with van der Waals surface area (Å²) in [5, 5.41) is 12.2. The van der Waals surface area contributed by atoms with Gasteiger partial charge in [-0.25, -0.2) is 0 Å². The standard InChI is InChI=1S/C21H24N2O4/c24-20(13-15-23-14-7-6-11-18(23)21(25)26)22-17-10-4-5-12-19(17)27-16-8-2-1-3-9-16/h1-5,8-10,12,18H,6-7,11,13-15H2,(H,22,24)(H,25,26). The molecule has 1 unspecified atom stereocenters. The molecule has 6 heteroatoms. The fraction of sp³-hybridized carbons (Fsp3) is 0.333. The largest absolute Gasteiger partial charge is 0.480 e. The number of likely N-dealkylation sites (tertiary alicyclic amines) is 1. The fourth-order valence-corrected chi connectivity index (χ4v) is 3.27. The van der Waals surface area contributed by atoms with Gasteiger partial charge in [-0.1, -0.05) is 36.8 Å². The summed E-state index contributed by atoms with van der Waals surface area (Å²) in [6.45, 7) is 1.16. The van der Waals surface area contributed by atoms with Crippen LogP contribution in [-0.2, 0) is 9.59 Å². The second kappa shape index (κ2) is 9.19. The lowest BCUT2D eigenvalue weighted by Crippen LogP contribution is -2.45. The van der Waals surface area contributed by atoms with Crippen LogP contribution < -0.4 is 10.1 Å². The number of nitrogens with one attached hydrogen (secondary N) is 1. The Labute approximate surface area is 158 Å². The second-order valence-corrected chi connectivity index (χ2v) is 6.60. The fourth-order valence-electron chi connectivity index (χ4n) is 3.27. The van der Waals surface area contributed by atoms with Crippen molar-refractivity contribution in [1.82, 2.24) is 4.90 Å². The molecule has 2 aromatic rings. The zero-order chi connectivity index (χ0) is 19.1. The number of aliphatic carboxylic acids is 1. The van der Waals surface area contributed by atoms with Gasteiger partial charge in [0.25, 0.3) is 0 Å². The first-order valence-corrected chi connectivity index (χ1v) is 9.22. The Morgan fingerprint density at radius 1 is 1.07 bits per heavy atom. The number of hydrogen-bond acceptors (Lipinski definition) is 4. The van der Waals surface area contributed by atoms with Gasteiger partial charge in [0.2, 0.25) is 5.91 Å². The maximum atomic E-state index is 12.4. The summed E-state index contributed by atoms with van der Waals surface area (Å²) in [5.41, 5.74) is 0.597. The summed E-state index contributed by atoms with van der Waals surface area (Å²) in [7, 11) is 0. The van der Waals surface area contributed by atoms with E-state index in [1.165, 1.54) is 0 Å². The molecular weight excluding hydrogens is 344 g/mol. The lowest BCUT2D eigenvalue weighted by molar-refractivity contribution is -0.144. The van der Waals surface area contributed by atoms with Crippen LogP contribution in [0, 0.1) is 0 Å². The van der Waals surface area contributed by atoms with E-state index in [0.717, 1.165) is 19.4 Å². The van der Waals surface area contributed by atoms with Crippen LogP contribution in [0.2, 0.25) is 0 Å². The molecule has 0 aromatic heterocycles. The number of hydrogen-bond donors (Lipinski definition) is 2. The highest BCUT2D eigenvalue weighted by atomic mass is 16.5. The van der Waals surface area contributed by atoms with Gasteiger partial charge < -0.3 is 15.2 Å². The maximum absolute atomic E-state index is 12.4. The molecule has 0 saturated carbocycles. The van der Waals surface area contributed by atoms with Gasteiger partial charge in [-0.15, -0.1) is 0 Å². The summed E-state index contributed by atoms with van der Waals surface area (Å²) >= 11 is 0. The van der Waals surface area contributed by atoms with E-state index in [2.05, 4.69) is 5.32 Å². The van der Waals surface area contributed by atoms with Gasteiger partial charge in [-0.05, 0) is 43.7 Å². The first kappa shape index (κ1) is 18.9. The van der Waals surface area contributed by atoms with Crippen LogP contribution in [0.3, 0.4) is 0 Å². The van der Waals surface area contributed by atoms with Gasteiger partial charge in [-0.2, -0.15) is 0 Å². The summed E-state index contributed by atoms with van der Waals surface area (Å²) in [4.78, 5) is 25.6. The van der Waals surface area contributed by atoms with Gasteiger partial charge >= 0.3 is 5.97 Å². The van der Waals surface area contributed by atoms with Crippen molar-refractivity contribution in [2.45, 2.75) is 31.7 Å². The van der Waals surface area contributed by atoms with Crippen molar-refractivity contribution in [3.05, 3.63) is 54.6 Å². The molecule has 1 amide bonds. The minimum absolute atomic E-state index is 0.158. The van der Waals surface area contributed by atoms with Gasteiger partial charge in [0, 0.05) is 13.0 Å². The molecule has 1 heterocycles.